The zero-order valence-electron chi connectivity index (χ0n) is 11.1. The summed E-state index contributed by atoms with van der Waals surface area (Å²) in [6.07, 6.45) is 0. The molecule has 21 heavy (non-hydrogen) atoms. The van der Waals surface area contributed by atoms with Crippen LogP contribution >= 0.6 is 39.1 Å². The normalized spacial score (nSPS) is 10.3. The van der Waals surface area contributed by atoms with Crippen LogP contribution in [0.4, 0.5) is 5.69 Å². The summed E-state index contributed by atoms with van der Waals surface area (Å²) in [6.45, 7) is 1.82. The van der Waals surface area contributed by atoms with Crippen LogP contribution < -0.4 is 10.1 Å². The van der Waals surface area contributed by atoms with E-state index in [4.69, 9.17) is 27.9 Å². The van der Waals surface area contributed by atoms with Gasteiger partial charge in [0.05, 0.1) is 10.7 Å². The predicted molar refractivity (Wildman–Crippen MR) is 89.5 cm³/mol. The van der Waals surface area contributed by atoms with Gasteiger partial charge in [-0.1, -0.05) is 29.3 Å². The molecule has 2 aromatic rings. The first-order valence-electron chi connectivity index (χ1n) is 6.09. The Balaban J connectivity index is 1.97. The van der Waals surface area contributed by atoms with E-state index in [9.17, 15) is 4.79 Å². The van der Waals surface area contributed by atoms with Crippen molar-refractivity contribution in [3.63, 3.8) is 0 Å². The third-order valence-corrected chi connectivity index (χ3v) is 3.85. The van der Waals surface area contributed by atoms with E-state index in [2.05, 4.69) is 21.2 Å². The summed E-state index contributed by atoms with van der Waals surface area (Å²) in [5, 5.41) is 3.66. The van der Waals surface area contributed by atoms with Crippen LogP contribution in [0.2, 0.25) is 10.0 Å². The fraction of sp³-hybridized carbons (Fsp3) is 0.133. The number of halogens is 3. The Morgan fingerprint density at radius 1 is 1.24 bits per heavy atom. The van der Waals surface area contributed by atoms with Gasteiger partial charge in [0.15, 0.2) is 6.61 Å². The maximum absolute atomic E-state index is 11.9. The molecule has 0 radical (unpaired) electrons. The van der Waals surface area contributed by atoms with Gasteiger partial charge in [-0.3, -0.25) is 4.79 Å². The number of rotatable bonds is 4. The van der Waals surface area contributed by atoms with E-state index in [1.165, 1.54) is 0 Å². The Bertz CT molecular complexity index is 677. The molecule has 0 aromatic heterocycles. The van der Waals surface area contributed by atoms with Crippen molar-refractivity contribution in [3.05, 3.63) is 56.5 Å². The lowest BCUT2D eigenvalue weighted by Gasteiger charge is -2.10. The second kappa shape index (κ2) is 7.16. The third kappa shape index (κ3) is 4.63. The van der Waals surface area contributed by atoms with Crippen LogP contribution in [-0.2, 0) is 4.79 Å². The van der Waals surface area contributed by atoms with Crippen molar-refractivity contribution in [1.82, 2.24) is 0 Å². The van der Waals surface area contributed by atoms with Crippen LogP contribution in [0, 0.1) is 6.92 Å². The average Bonchev–Trinajstić information content (AvgIpc) is 2.43. The monoisotopic (exact) mass is 387 g/mol. The first-order chi connectivity index (χ1) is 9.95. The van der Waals surface area contributed by atoms with Crippen molar-refractivity contribution >= 4 is 50.7 Å². The van der Waals surface area contributed by atoms with Crippen LogP contribution in [0.25, 0.3) is 0 Å². The Morgan fingerprint density at radius 3 is 2.71 bits per heavy atom. The smallest absolute Gasteiger partial charge is 0.262 e. The molecule has 1 amide bonds. The van der Waals surface area contributed by atoms with E-state index < -0.39 is 0 Å². The Labute approximate surface area is 141 Å². The molecule has 6 heteroatoms. The van der Waals surface area contributed by atoms with Crippen molar-refractivity contribution in [3.8, 4) is 5.75 Å². The molecule has 0 spiro atoms. The van der Waals surface area contributed by atoms with Gasteiger partial charge in [0, 0.05) is 15.6 Å². The molecule has 0 atom stereocenters. The Kier molecular flexibility index (Phi) is 5.51. The number of aryl methyl sites for hydroxylation is 1. The molecule has 0 unspecified atom stereocenters. The predicted octanol–water partition coefficient (Wildman–Crippen LogP) is 5.08. The van der Waals surface area contributed by atoms with Gasteiger partial charge in [-0.05, 0) is 52.7 Å². The molecule has 0 aliphatic rings. The van der Waals surface area contributed by atoms with Crippen molar-refractivity contribution in [2.75, 3.05) is 11.9 Å². The minimum atomic E-state index is -0.282. The summed E-state index contributed by atoms with van der Waals surface area (Å²) in [7, 11) is 0. The number of nitrogens with one attached hydrogen (secondary N) is 1. The topological polar surface area (TPSA) is 38.3 Å². The summed E-state index contributed by atoms with van der Waals surface area (Å²) in [6, 6.07) is 10.5. The number of amides is 1. The van der Waals surface area contributed by atoms with Gasteiger partial charge in [-0.2, -0.15) is 0 Å². The van der Waals surface area contributed by atoms with Crippen molar-refractivity contribution in [2.45, 2.75) is 6.92 Å². The zero-order chi connectivity index (χ0) is 15.4. The van der Waals surface area contributed by atoms with Gasteiger partial charge in [0.1, 0.15) is 5.75 Å². The largest absolute Gasteiger partial charge is 0.482 e. The van der Waals surface area contributed by atoms with Crippen LogP contribution in [0.1, 0.15) is 5.56 Å². The van der Waals surface area contributed by atoms with Crippen molar-refractivity contribution in [2.24, 2.45) is 0 Å². The minimum Gasteiger partial charge on any atom is -0.482 e. The van der Waals surface area contributed by atoms with E-state index in [1.807, 2.05) is 25.1 Å². The maximum Gasteiger partial charge on any atom is 0.262 e. The lowest BCUT2D eigenvalue weighted by atomic mass is 10.2. The average molecular weight is 389 g/mol. The molecule has 0 saturated carbocycles. The number of benzene rings is 2. The lowest BCUT2D eigenvalue weighted by molar-refractivity contribution is -0.118. The van der Waals surface area contributed by atoms with Crippen LogP contribution in [0.15, 0.2) is 40.9 Å². The Hall–Kier alpha value is -1.23. The van der Waals surface area contributed by atoms with Crippen LogP contribution in [-0.4, -0.2) is 12.5 Å². The summed E-state index contributed by atoms with van der Waals surface area (Å²) < 4.78 is 6.19. The van der Waals surface area contributed by atoms with Crippen LogP contribution in [0.3, 0.4) is 0 Å². The molecule has 2 rings (SSSR count). The number of ether oxygens (including phenoxy) is 1. The van der Waals surface area contributed by atoms with E-state index in [0.29, 0.717) is 21.5 Å². The van der Waals surface area contributed by atoms with Gasteiger partial charge in [-0.15, -0.1) is 0 Å². The molecular weight excluding hydrogens is 377 g/mol. The number of hydrogen-bond donors (Lipinski definition) is 1. The summed E-state index contributed by atoms with van der Waals surface area (Å²) >= 11 is 15.2. The first-order valence-corrected chi connectivity index (χ1v) is 7.64. The molecule has 0 bridgehead atoms. The molecule has 0 heterocycles. The summed E-state index contributed by atoms with van der Waals surface area (Å²) in [5.41, 5.74) is 1.79. The quantitative estimate of drug-likeness (QED) is 0.792. The molecular formula is C15H12BrCl2NO2. The zero-order valence-corrected chi connectivity index (χ0v) is 14.2. The second-order valence-corrected chi connectivity index (χ2v) is 6.09. The number of anilines is 1. The number of carbonyl (C=O) groups excluding carboxylic acids is 1. The van der Waals surface area contributed by atoms with Gasteiger partial charge < -0.3 is 10.1 Å². The lowest BCUT2D eigenvalue weighted by Crippen LogP contribution is -2.20. The highest BCUT2D eigenvalue weighted by atomic mass is 79.9. The van der Waals surface area contributed by atoms with E-state index in [-0.39, 0.29) is 12.5 Å². The molecule has 0 aliphatic heterocycles. The SMILES string of the molecule is Cc1ccc(NC(=O)COc2cc(Cl)ccc2Cl)c(Br)c1. The van der Waals surface area contributed by atoms with Gasteiger partial charge in [-0.25, -0.2) is 0 Å². The standard InChI is InChI=1S/C15H12BrCl2NO2/c1-9-2-5-13(11(16)6-9)19-15(20)8-21-14-7-10(17)3-4-12(14)18/h2-7H,8H2,1H3,(H,19,20). The van der Waals surface area contributed by atoms with Gasteiger partial charge in [0.2, 0.25) is 0 Å². The van der Waals surface area contributed by atoms with Gasteiger partial charge in [0.25, 0.3) is 5.91 Å². The molecule has 2 aromatic carbocycles. The maximum atomic E-state index is 11.9. The van der Waals surface area contributed by atoms with E-state index >= 15 is 0 Å². The fourth-order valence-corrected chi connectivity index (χ4v) is 2.57. The summed E-state index contributed by atoms with van der Waals surface area (Å²) in [5.74, 6) is 0.0953. The molecule has 3 nitrogen and oxygen atoms in total. The van der Waals surface area contributed by atoms with Crippen molar-refractivity contribution in [1.29, 1.82) is 0 Å². The second-order valence-electron chi connectivity index (χ2n) is 4.39. The van der Waals surface area contributed by atoms with Gasteiger partial charge >= 0.3 is 0 Å². The van der Waals surface area contributed by atoms with Crippen LogP contribution in [0.5, 0.6) is 5.75 Å². The highest BCUT2D eigenvalue weighted by molar-refractivity contribution is 9.10. The van der Waals surface area contributed by atoms with Crippen molar-refractivity contribution < 1.29 is 9.53 Å². The number of carbonyl (C=O) groups is 1. The third-order valence-electron chi connectivity index (χ3n) is 2.65. The molecule has 0 fully saturated rings. The first kappa shape index (κ1) is 16.1. The Morgan fingerprint density at radius 2 is 2.00 bits per heavy atom. The van der Waals surface area contributed by atoms with E-state index in [0.717, 1.165) is 10.0 Å². The summed E-state index contributed by atoms with van der Waals surface area (Å²) in [4.78, 5) is 11.9. The minimum absolute atomic E-state index is 0.152. The molecule has 110 valence electrons. The fourth-order valence-electron chi connectivity index (χ4n) is 1.64. The number of hydrogen-bond acceptors (Lipinski definition) is 2. The highest BCUT2D eigenvalue weighted by Crippen LogP contribution is 2.28. The highest BCUT2D eigenvalue weighted by Gasteiger charge is 2.09. The molecule has 0 saturated heterocycles. The molecule has 1 N–H and O–H groups in total. The van der Waals surface area contributed by atoms with E-state index in [1.54, 1.807) is 18.2 Å². The molecule has 0 aliphatic carbocycles.